The predicted octanol–water partition coefficient (Wildman–Crippen LogP) is 4.50. The van der Waals surface area contributed by atoms with Crippen molar-refractivity contribution in [3.8, 4) is 11.1 Å². The molecule has 2 atom stereocenters. The lowest BCUT2D eigenvalue weighted by molar-refractivity contribution is 0.163. The van der Waals surface area contributed by atoms with Crippen LogP contribution in [-0.4, -0.2) is 48.7 Å². The van der Waals surface area contributed by atoms with Crippen LogP contribution in [0, 0.1) is 0 Å². The number of carbonyl (C=O) groups is 1. The molecule has 0 radical (unpaired) electrons. The summed E-state index contributed by atoms with van der Waals surface area (Å²) in [7, 11) is 1.79. The van der Waals surface area contributed by atoms with Gasteiger partial charge in [0.05, 0.1) is 6.04 Å². The lowest BCUT2D eigenvalue weighted by Crippen LogP contribution is -2.28. The van der Waals surface area contributed by atoms with Gasteiger partial charge in [0, 0.05) is 19.6 Å². The number of carbonyl (C=O) groups excluding carboxylic acids is 1. The number of hydrogen-bond acceptors (Lipinski definition) is 3. The van der Waals surface area contributed by atoms with Crippen molar-refractivity contribution < 1.29 is 9.53 Å². The molecule has 0 unspecified atom stereocenters. The second-order valence-corrected chi connectivity index (χ2v) is 7.80. The number of rotatable bonds is 5. The Morgan fingerprint density at radius 3 is 2.26 bits per heavy atom. The highest BCUT2D eigenvalue weighted by Crippen LogP contribution is 2.28. The van der Waals surface area contributed by atoms with Crippen molar-refractivity contribution in [2.75, 3.05) is 26.7 Å². The third kappa shape index (κ3) is 3.86. The molecule has 0 saturated carbocycles. The van der Waals surface area contributed by atoms with Crippen LogP contribution >= 0.6 is 0 Å². The number of benzene rings is 2. The molecular weight excluding hydrogens is 336 g/mol. The van der Waals surface area contributed by atoms with Crippen molar-refractivity contribution in [1.29, 1.82) is 0 Å². The number of likely N-dealkylation sites (N-methyl/N-ethyl adjacent to an activating group) is 1. The number of nitrogens with zero attached hydrogens (tertiary/aromatic N) is 2. The number of cyclic esters (lactones) is 1. The average molecular weight is 364 g/mol. The molecule has 4 nitrogen and oxygen atoms in total. The van der Waals surface area contributed by atoms with Gasteiger partial charge in [0.25, 0.3) is 0 Å². The van der Waals surface area contributed by atoms with Gasteiger partial charge >= 0.3 is 6.09 Å². The fraction of sp³-hybridized carbons (Fsp3) is 0.435. The zero-order valence-corrected chi connectivity index (χ0v) is 16.2. The third-order valence-corrected chi connectivity index (χ3v) is 6.08. The molecule has 2 aromatic rings. The summed E-state index contributed by atoms with van der Waals surface area (Å²) >= 11 is 0. The van der Waals surface area contributed by atoms with E-state index in [9.17, 15) is 4.79 Å². The van der Waals surface area contributed by atoms with E-state index in [-0.39, 0.29) is 12.1 Å². The molecule has 2 heterocycles. The molecule has 142 valence electrons. The molecule has 27 heavy (non-hydrogen) atoms. The van der Waals surface area contributed by atoms with Crippen LogP contribution in [0.5, 0.6) is 0 Å². The average Bonchev–Trinajstić information content (AvgIpc) is 3.26. The predicted molar refractivity (Wildman–Crippen MR) is 108 cm³/mol. The quantitative estimate of drug-likeness (QED) is 0.783. The molecule has 4 rings (SSSR count). The van der Waals surface area contributed by atoms with Gasteiger partial charge in [-0.15, -0.1) is 0 Å². The summed E-state index contributed by atoms with van der Waals surface area (Å²) in [5.74, 6) is 0. The van der Waals surface area contributed by atoms with Crippen molar-refractivity contribution in [2.45, 2.75) is 38.3 Å². The molecule has 2 aliphatic heterocycles. The molecule has 0 aliphatic carbocycles. The van der Waals surface area contributed by atoms with Gasteiger partial charge in [-0.25, -0.2) is 4.79 Å². The van der Waals surface area contributed by atoms with Crippen molar-refractivity contribution in [2.24, 2.45) is 0 Å². The number of ether oxygens (including phenoxy) is 1. The molecule has 0 spiro atoms. The zero-order valence-electron chi connectivity index (χ0n) is 16.2. The van der Waals surface area contributed by atoms with Crippen LogP contribution in [0.4, 0.5) is 4.79 Å². The normalized spacial score (nSPS) is 23.0. The Morgan fingerprint density at radius 1 is 1.04 bits per heavy atom. The third-order valence-electron chi connectivity index (χ3n) is 6.08. The smallest absolute Gasteiger partial charge is 0.410 e. The van der Waals surface area contributed by atoms with Gasteiger partial charge in [-0.05, 0) is 55.0 Å². The minimum atomic E-state index is -0.247. The van der Waals surface area contributed by atoms with E-state index in [0.29, 0.717) is 6.61 Å². The Labute approximate surface area is 161 Å². The lowest BCUT2D eigenvalue weighted by atomic mass is 9.99. The van der Waals surface area contributed by atoms with E-state index in [1.165, 1.54) is 36.1 Å². The van der Waals surface area contributed by atoms with Gasteiger partial charge in [-0.1, -0.05) is 48.5 Å². The Morgan fingerprint density at radius 2 is 1.70 bits per heavy atom. The van der Waals surface area contributed by atoms with Gasteiger partial charge in [-0.3, -0.25) is 0 Å². The summed E-state index contributed by atoms with van der Waals surface area (Å²) in [4.78, 5) is 15.8. The molecule has 2 fully saturated rings. The summed E-state index contributed by atoms with van der Waals surface area (Å²) in [6.07, 6.45) is 3.55. The zero-order chi connectivity index (χ0) is 18.8. The Hall–Kier alpha value is -2.33. The van der Waals surface area contributed by atoms with Crippen LogP contribution in [0.1, 0.15) is 36.9 Å². The van der Waals surface area contributed by atoms with Gasteiger partial charge < -0.3 is 14.5 Å². The van der Waals surface area contributed by atoms with Crippen molar-refractivity contribution in [3.05, 3.63) is 59.7 Å². The minimum Gasteiger partial charge on any atom is -0.447 e. The molecule has 2 aliphatic rings. The lowest BCUT2D eigenvalue weighted by Gasteiger charge is -2.20. The molecule has 0 bridgehead atoms. The molecular formula is C23H28N2O2. The van der Waals surface area contributed by atoms with Crippen LogP contribution in [-0.2, 0) is 11.2 Å². The van der Waals surface area contributed by atoms with Crippen molar-refractivity contribution in [1.82, 2.24) is 9.80 Å². The molecule has 4 heteroatoms. The number of amides is 1. The SMILES string of the molecule is C[C@@H]1CCCN1CCc1ccc(-c2ccc([C@H]3COC(=O)N3C)cc2)cc1. The van der Waals surface area contributed by atoms with E-state index in [2.05, 4.69) is 60.4 Å². The highest BCUT2D eigenvalue weighted by atomic mass is 16.6. The first kappa shape index (κ1) is 18.1. The molecule has 0 aromatic heterocycles. The van der Waals surface area contributed by atoms with E-state index in [1.807, 2.05) is 0 Å². The minimum absolute atomic E-state index is 0.0157. The Bertz CT molecular complexity index is 785. The molecule has 0 N–H and O–H groups in total. The van der Waals surface area contributed by atoms with Crippen LogP contribution < -0.4 is 0 Å². The first-order valence-corrected chi connectivity index (χ1v) is 9.95. The fourth-order valence-corrected chi connectivity index (χ4v) is 4.17. The fourth-order valence-electron chi connectivity index (χ4n) is 4.17. The van der Waals surface area contributed by atoms with Crippen LogP contribution in [0.25, 0.3) is 11.1 Å². The van der Waals surface area contributed by atoms with Crippen molar-refractivity contribution in [3.63, 3.8) is 0 Å². The maximum Gasteiger partial charge on any atom is 0.410 e. The first-order valence-electron chi connectivity index (χ1n) is 9.95. The van der Waals surface area contributed by atoms with Gasteiger partial charge in [0.1, 0.15) is 6.61 Å². The van der Waals surface area contributed by atoms with E-state index < -0.39 is 0 Å². The Kier molecular flexibility index (Phi) is 5.17. The van der Waals surface area contributed by atoms with Crippen LogP contribution in [0.3, 0.4) is 0 Å². The van der Waals surface area contributed by atoms with Crippen molar-refractivity contribution >= 4 is 6.09 Å². The van der Waals surface area contributed by atoms with E-state index in [1.54, 1.807) is 11.9 Å². The Balaban J connectivity index is 1.39. The van der Waals surface area contributed by atoms with Crippen LogP contribution in [0.15, 0.2) is 48.5 Å². The van der Waals surface area contributed by atoms with Crippen LogP contribution in [0.2, 0.25) is 0 Å². The number of hydrogen-bond donors (Lipinski definition) is 0. The largest absolute Gasteiger partial charge is 0.447 e. The van der Waals surface area contributed by atoms with Gasteiger partial charge in [0.2, 0.25) is 0 Å². The monoisotopic (exact) mass is 364 g/mol. The summed E-state index contributed by atoms with van der Waals surface area (Å²) in [6, 6.07) is 18.1. The maximum atomic E-state index is 11.5. The summed E-state index contributed by atoms with van der Waals surface area (Å²) in [5, 5.41) is 0. The second kappa shape index (κ2) is 7.73. The maximum absolute atomic E-state index is 11.5. The summed E-state index contributed by atoms with van der Waals surface area (Å²) < 4.78 is 5.11. The molecule has 2 saturated heterocycles. The van der Waals surface area contributed by atoms with E-state index >= 15 is 0 Å². The number of likely N-dealkylation sites (tertiary alicyclic amines) is 1. The summed E-state index contributed by atoms with van der Waals surface area (Å²) in [5.41, 5.74) is 4.94. The van der Waals surface area contributed by atoms with E-state index in [0.717, 1.165) is 24.6 Å². The van der Waals surface area contributed by atoms with Gasteiger partial charge in [-0.2, -0.15) is 0 Å². The highest BCUT2D eigenvalue weighted by Gasteiger charge is 2.30. The molecule has 1 amide bonds. The van der Waals surface area contributed by atoms with E-state index in [4.69, 9.17) is 4.74 Å². The van der Waals surface area contributed by atoms with Gasteiger partial charge in [0.15, 0.2) is 0 Å². The first-order chi connectivity index (χ1) is 13.1. The standard InChI is InChI=1S/C23H28N2O2/c1-17-4-3-14-25(17)15-13-18-5-7-19(8-6-18)20-9-11-21(12-10-20)22-16-27-23(26)24(22)2/h5-12,17,22H,3-4,13-16H2,1-2H3/t17-,22-/m1/s1. The second-order valence-electron chi connectivity index (χ2n) is 7.80. The highest BCUT2D eigenvalue weighted by molar-refractivity contribution is 5.70. The molecule has 2 aromatic carbocycles. The summed E-state index contributed by atoms with van der Waals surface area (Å²) in [6.45, 7) is 5.17. The topological polar surface area (TPSA) is 32.8 Å².